The van der Waals surface area contributed by atoms with E-state index in [0.29, 0.717) is 10.9 Å². The van der Waals surface area contributed by atoms with E-state index in [9.17, 15) is 9.18 Å². The number of hydrogen-bond acceptors (Lipinski definition) is 3. The van der Waals surface area contributed by atoms with Crippen LogP contribution in [0.15, 0.2) is 23.0 Å². The van der Waals surface area contributed by atoms with Crippen LogP contribution in [0.25, 0.3) is 10.9 Å². The minimum Gasteiger partial charge on any atom is -0.503 e. The summed E-state index contributed by atoms with van der Waals surface area (Å²) in [5.74, 6) is -1.16. The van der Waals surface area contributed by atoms with Gasteiger partial charge in [0.15, 0.2) is 5.75 Å². The average Bonchev–Trinajstić information content (AvgIpc) is 2.20. The molecule has 0 saturated carbocycles. The third kappa shape index (κ3) is 1.42. The van der Waals surface area contributed by atoms with Gasteiger partial charge in [-0.25, -0.2) is 4.39 Å². The molecule has 0 aliphatic rings. The van der Waals surface area contributed by atoms with Crippen LogP contribution in [0.4, 0.5) is 4.39 Å². The van der Waals surface area contributed by atoms with E-state index in [-0.39, 0.29) is 5.56 Å². The standard InChI is InChI=1S/C10H5FN2O2/c11-7-1-5-3-9(14)10(15)13-8(5)2-6(7)4-12/h1-3,14H,(H,13,15). The van der Waals surface area contributed by atoms with E-state index in [0.717, 1.165) is 12.1 Å². The Kier molecular flexibility index (Phi) is 1.90. The molecular weight excluding hydrogens is 199 g/mol. The highest BCUT2D eigenvalue weighted by molar-refractivity contribution is 5.81. The zero-order valence-electron chi connectivity index (χ0n) is 7.41. The molecule has 0 saturated heterocycles. The number of benzene rings is 1. The molecule has 5 heteroatoms. The van der Waals surface area contributed by atoms with E-state index >= 15 is 0 Å². The van der Waals surface area contributed by atoms with Crippen LogP contribution in [0.1, 0.15) is 5.56 Å². The fraction of sp³-hybridized carbons (Fsp3) is 0. The highest BCUT2D eigenvalue weighted by Gasteiger charge is 2.06. The van der Waals surface area contributed by atoms with E-state index in [4.69, 9.17) is 10.4 Å². The second-order valence-electron chi connectivity index (χ2n) is 3.01. The van der Waals surface area contributed by atoms with Gasteiger partial charge in [-0.3, -0.25) is 4.79 Å². The third-order valence-corrected chi connectivity index (χ3v) is 2.03. The summed E-state index contributed by atoms with van der Waals surface area (Å²) < 4.78 is 13.2. The van der Waals surface area contributed by atoms with Gasteiger partial charge in [-0.05, 0) is 18.2 Å². The van der Waals surface area contributed by atoms with Gasteiger partial charge in [-0.2, -0.15) is 5.26 Å². The molecule has 1 heterocycles. The first-order valence-electron chi connectivity index (χ1n) is 4.07. The van der Waals surface area contributed by atoms with Gasteiger partial charge in [0.2, 0.25) is 0 Å². The monoisotopic (exact) mass is 204 g/mol. The number of nitriles is 1. The molecule has 0 bridgehead atoms. The second-order valence-corrected chi connectivity index (χ2v) is 3.01. The zero-order chi connectivity index (χ0) is 11.0. The lowest BCUT2D eigenvalue weighted by Gasteiger charge is -2.00. The Hall–Kier alpha value is -2.35. The molecule has 1 aromatic carbocycles. The summed E-state index contributed by atoms with van der Waals surface area (Å²) in [6.45, 7) is 0. The van der Waals surface area contributed by atoms with Crippen molar-refractivity contribution in [2.45, 2.75) is 0 Å². The first kappa shape index (κ1) is 9.21. The van der Waals surface area contributed by atoms with Gasteiger partial charge in [0.05, 0.1) is 11.1 Å². The van der Waals surface area contributed by atoms with Crippen molar-refractivity contribution in [3.8, 4) is 11.8 Å². The first-order chi connectivity index (χ1) is 7.11. The van der Waals surface area contributed by atoms with Gasteiger partial charge >= 0.3 is 0 Å². The molecule has 0 aliphatic heterocycles. The van der Waals surface area contributed by atoms with Gasteiger partial charge in [0, 0.05) is 5.39 Å². The zero-order valence-corrected chi connectivity index (χ0v) is 7.41. The number of H-pyrrole nitrogens is 1. The van der Waals surface area contributed by atoms with Crippen molar-refractivity contribution in [3.63, 3.8) is 0 Å². The summed E-state index contributed by atoms with van der Waals surface area (Å²) in [5, 5.41) is 18.0. The molecule has 0 radical (unpaired) electrons. The first-order valence-corrected chi connectivity index (χ1v) is 4.07. The van der Waals surface area contributed by atoms with Crippen molar-refractivity contribution < 1.29 is 9.50 Å². The summed E-state index contributed by atoms with van der Waals surface area (Å²) in [5.41, 5.74) is -0.502. The fourth-order valence-electron chi connectivity index (χ4n) is 1.30. The molecular formula is C10H5FN2O2. The predicted molar refractivity (Wildman–Crippen MR) is 50.9 cm³/mol. The Morgan fingerprint density at radius 1 is 1.40 bits per heavy atom. The fourth-order valence-corrected chi connectivity index (χ4v) is 1.30. The highest BCUT2D eigenvalue weighted by Crippen LogP contribution is 2.18. The van der Waals surface area contributed by atoms with E-state index in [1.165, 1.54) is 6.07 Å². The lowest BCUT2D eigenvalue weighted by molar-refractivity contribution is 0.468. The Labute approximate surface area is 83.2 Å². The maximum atomic E-state index is 13.2. The van der Waals surface area contributed by atoms with Crippen LogP contribution in [0.5, 0.6) is 5.75 Å². The predicted octanol–water partition coefficient (Wildman–Crippen LogP) is 1.24. The minimum atomic E-state index is -0.684. The number of aromatic amines is 1. The molecule has 0 atom stereocenters. The summed E-state index contributed by atoms with van der Waals surface area (Å²) >= 11 is 0. The summed E-state index contributed by atoms with van der Waals surface area (Å²) in [4.78, 5) is 13.4. The van der Waals surface area contributed by atoms with Crippen LogP contribution in [0.3, 0.4) is 0 Å². The Morgan fingerprint density at radius 3 is 2.80 bits per heavy atom. The molecule has 0 amide bonds. The lowest BCUT2D eigenvalue weighted by atomic mass is 10.1. The van der Waals surface area contributed by atoms with Gasteiger partial charge in [0.25, 0.3) is 5.56 Å². The van der Waals surface area contributed by atoms with Crippen molar-refractivity contribution in [2.24, 2.45) is 0 Å². The van der Waals surface area contributed by atoms with Crippen molar-refractivity contribution in [3.05, 3.63) is 39.9 Å². The molecule has 1 aromatic heterocycles. The van der Waals surface area contributed by atoms with Crippen molar-refractivity contribution in [2.75, 3.05) is 0 Å². The number of nitrogens with zero attached hydrogens (tertiary/aromatic N) is 1. The molecule has 0 spiro atoms. The van der Waals surface area contributed by atoms with Crippen LogP contribution in [0.2, 0.25) is 0 Å². The summed E-state index contributed by atoms with van der Waals surface area (Å²) in [7, 11) is 0. The normalized spacial score (nSPS) is 10.1. The molecule has 0 fully saturated rings. The van der Waals surface area contributed by atoms with E-state index in [1.807, 2.05) is 0 Å². The molecule has 2 rings (SSSR count). The Bertz CT molecular complexity index is 640. The summed E-state index contributed by atoms with van der Waals surface area (Å²) in [6, 6.07) is 5.13. The molecule has 0 aliphatic carbocycles. The van der Waals surface area contributed by atoms with Gasteiger partial charge in [0.1, 0.15) is 11.9 Å². The smallest absolute Gasteiger partial charge is 0.290 e. The minimum absolute atomic E-state index is 0.149. The number of hydrogen-bond donors (Lipinski definition) is 2. The number of aromatic nitrogens is 1. The van der Waals surface area contributed by atoms with Crippen molar-refractivity contribution in [1.29, 1.82) is 5.26 Å². The van der Waals surface area contributed by atoms with Gasteiger partial charge in [-0.1, -0.05) is 0 Å². The number of aromatic hydroxyl groups is 1. The van der Waals surface area contributed by atoms with Crippen LogP contribution >= 0.6 is 0 Å². The Morgan fingerprint density at radius 2 is 2.13 bits per heavy atom. The number of rotatable bonds is 0. The van der Waals surface area contributed by atoms with Gasteiger partial charge < -0.3 is 10.1 Å². The number of nitrogens with one attached hydrogen (secondary N) is 1. The van der Waals surface area contributed by atoms with Crippen molar-refractivity contribution >= 4 is 10.9 Å². The number of pyridine rings is 1. The van der Waals surface area contributed by atoms with E-state index in [1.54, 1.807) is 6.07 Å². The van der Waals surface area contributed by atoms with E-state index in [2.05, 4.69) is 4.98 Å². The van der Waals surface area contributed by atoms with Crippen LogP contribution < -0.4 is 5.56 Å². The van der Waals surface area contributed by atoms with Crippen LogP contribution in [0, 0.1) is 17.1 Å². The van der Waals surface area contributed by atoms with Crippen LogP contribution in [-0.2, 0) is 0 Å². The molecule has 0 unspecified atom stereocenters. The maximum Gasteiger partial charge on any atom is 0.290 e. The molecule has 2 N–H and O–H groups in total. The SMILES string of the molecule is N#Cc1cc2[nH]c(=O)c(O)cc2cc1F. The quantitative estimate of drug-likeness (QED) is 0.677. The molecule has 74 valence electrons. The van der Waals surface area contributed by atoms with Crippen molar-refractivity contribution in [1.82, 2.24) is 4.98 Å². The molecule has 15 heavy (non-hydrogen) atoms. The largest absolute Gasteiger partial charge is 0.503 e. The van der Waals surface area contributed by atoms with Crippen LogP contribution in [-0.4, -0.2) is 10.1 Å². The van der Waals surface area contributed by atoms with Gasteiger partial charge in [-0.15, -0.1) is 0 Å². The Balaban J connectivity index is 2.90. The highest BCUT2D eigenvalue weighted by atomic mass is 19.1. The maximum absolute atomic E-state index is 13.2. The topological polar surface area (TPSA) is 76.9 Å². The molecule has 4 nitrogen and oxygen atoms in total. The average molecular weight is 204 g/mol. The number of fused-ring (bicyclic) bond motifs is 1. The summed E-state index contributed by atoms with van der Waals surface area (Å²) in [6.07, 6.45) is 0. The lowest BCUT2D eigenvalue weighted by Crippen LogP contribution is -2.04. The molecule has 2 aromatic rings. The third-order valence-electron chi connectivity index (χ3n) is 2.03. The number of halogens is 1. The van der Waals surface area contributed by atoms with E-state index < -0.39 is 17.1 Å². The second kappa shape index (κ2) is 3.10.